The van der Waals surface area contributed by atoms with E-state index < -0.39 is 11.9 Å². The average Bonchev–Trinajstić information content (AvgIpc) is 2.45. The minimum atomic E-state index is -4.50. The number of aromatic nitrogens is 4. The summed E-state index contributed by atoms with van der Waals surface area (Å²) in [7, 11) is 0. The lowest BCUT2D eigenvalue weighted by Gasteiger charge is -2.10. The van der Waals surface area contributed by atoms with E-state index in [-0.39, 0.29) is 30.3 Å². The Morgan fingerprint density at radius 2 is 1.92 bits per heavy atom. The molecule has 2 aromatic rings. The summed E-state index contributed by atoms with van der Waals surface area (Å²) < 4.78 is 38.2. The van der Waals surface area contributed by atoms with Gasteiger partial charge in [-0.05, 0) is 26.8 Å². The number of hydrogen-bond donors (Lipinski definition) is 1. The number of anilines is 1. The van der Waals surface area contributed by atoms with Crippen LogP contribution in [0.1, 0.15) is 40.2 Å². The topological polar surface area (TPSA) is 80.7 Å². The first-order chi connectivity index (χ1) is 11.2. The third kappa shape index (κ3) is 4.46. The molecule has 0 amide bonds. The van der Waals surface area contributed by atoms with E-state index in [9.17, 15) is 18.0 Å². The van der Waals surface area contributed by atoms with Gasteiger partial charge in [0.25, 0.3) is 0 Å². The molecule has 0 aromatic carbocycles. The fraction of sp³-hybridized carbons (Fsp3) is 0.400. The van der Waals surface area contributed by atoms with Crippen molar-refractivity contribution in [3.05, 3.63) is 40.7 Å². The molecule has 0 aliphatic carbocycles. The molecule has 0 atom stereocenters. The van der Waals surface area contributed by atoms with Crippen molar-refractivity contribution in [1.29, 1.82) is 0 Å². The Bertz CT molecular complexity index is 761. The van der Waals surface area contributed by atoms with Gasteiger partial charge in [0.2, 0.25) is 5.95 Å². The number of Topliss-reactive ketones (excluding diaryl/α,β-unsaturated/α-hetero) is 1. The van der Waals surface area contributed by atoms with Crippen molar-refractivity contribution in [3.8, 4) is 0 Å². The Morgan fingerprint density at radius 3 is 2.50 bits per heavy atom. The predicted molar refractivity (Wildman–Crippen MR) is 80.7 cm³/mol. The summed E-state index contributed by atoms with van der Waals surface area (Å²) in [6.07, 6.45) is -2.90. The first-order valence-corrected chi connectivity index (χ1v) is 7.17. The van der Waals surface area contributed by atoms with Crippen LogP contribution in [0.2, 0.25) is 0 Å². The second kappa shape index (κ2) is 6.90. The number of carbonyl (C=O) groups is 1. The van der Waals surface area contributed by atoms with E-state index in [4.69, 9.17) is 0 Å². The van der Waals surface area contributed by atoms with E-state index in [2.05, 4.69) is 25.3 Å². The number of alkyl halides is 3. The van der Waals surface area contributed by atoms with Gasteiger partial charge in [-0.15, -0.1) is 0 Å². The van der Waals surface area contributed by atoms with Gasteiger partial charge < -0.3 is 5.32 Å². The van der Waals surface area contributed by atoms with Gasteiger partial charge in [0.1, 0.15) is 11.5 Å². The third-order valence-electron chi connectivity index (χ3n) is 3.18. The van der Waals surface area contributed by atoms with Crippen LogP contribution in [0.3, 0.4) is 0 Å². The Balaban J connectivity index is 2.03. The Kier molecular flexibility index (Phi) is 5.10. The van der Waals surface area contributed by atoms with Gasteiger partial charge in [-0.25, -0.2) is 19.9 Å². The molecular weight excluding hydrogens is 323 g/mol. The van der Waals surface area contributed by atoms with E-state index in [0.717, 1.165) is 6.07 Å². The van der Waals surface area contributed by atoms with Gasteiger partial charge in [-0.3, -0.25) is 4.79 Å². The summed E-state index contributed by atoms with van der Waals surface area (Å²) >= 11 is 0. The lowest BCUT2D eigenvalue weighted by molar-refractivity contribution is -0.141. The maximum Gasteiger partial charge on any atom is 0.433 e. The molecule has 0 aliphatic rings. The maximum atomic E-state index is 12.7. The molecule has 0 saturated carbocycles. The molecule has 0 fully saturated rings. The SMILES string of the molecule is CC(=O)c1cnc(NCCc2nc(C)cc(C(F)(F)F)n2)nc1C. The first kappa shape index (κ1) is 17.8. The van der Waals surface area contributed by atoms with E-state index in [1.807, 2.05) is 0 Å². The second-order valence-electron chi connectivity index (χ2n) is 5.23. The lowest BCUT2D eigenvalue weighted by atomic mass is 10.2. The van der Waals surface area contributed by atoms with E-state index in [1.54, 1.807) is 6.92 Å². The summed E-state index contributed by atoms with van der Waals surface area (Å²) in [5.74, 6) is 0.250. The van der Waals surface area contributed by atoms with Crippen LogP contribution < -0.4 is 5.32 Å². The molecule has 0 spiro atoms. The van der Waals surface area contributed by atoms with Crippen LogP contribution in [0.25, 0.3) is 0 Å². The van der Waals surface area contributed by atoms with Crippen LogP contribution in [0.15, 0.2) is 12.3 Å². The fourth-order valence-corrected chi connectivity index (χ4v) is 2.07. The number of nitrogens with one attached hydrogen (secondary N) is 1. The number of nitrogens with zero attached hydrogens (tertiary/aromatic N) is 4. The molecule has 9 heteroatoms. The van der Waals surface area contributed by atoms with Crippen LogP contribution in [-0.2, 0) is 12.6 Å². The summed E-state index contributed by atoms with van der Waals surface area (Å²) in [5.41, 5.74) is 0.261. The molecule has 2 aromatic heterocycles. The normalized spacial score (nSPS) is 11.4. The Labute approximate surface area is 136 Å². The van der Waals surface area contributed by atoms with Gasteiger partial charge in [-0.1, -0.05) is 0 Å². The molecule has 24 heavy (non-hydrogen) atoms. The van der Waals surface area contributed by atoms with Crippen molar-refractivity contribution >= 4 is 11.7 Å². The maximum absolute atomic E-state index is 12.7. The summed E-state index contributed by atoms with van der Waals surface area (Å²) in [5, 5.41) is 2.88. The highest BCUT2D eigenvalue weighted by Gasteiger charge is 2.33. The Morgan fingerprint density at radius 1 is 1.21 bits per heavy atom. The summed E-state index contributed by atoms with van der Waals surface area (Å²) in [6, 6.07) is 0.907. The van der Waals surface area contributed by atoms with Crippen molar-refractivity contribution in [2.24, 2.45) is 0 Å². The smallest absolute Gasteiger partial charge is 0.354 e. The second-order valence-corrected chi connectivity index (χ2v) is 5.23. The minimum absolute atomic E-state index is 0.0897. The Hall–Kier alpha value is -2.58. The first-order valence-electron chi connectivity index (χ1n) is 7.17. The van der Waals surface area contributed by atoms with Crippen molar-refractivity contribution in [2.75, 3.05) is 11.9 Å². The zero-order chi connectivity index (χ0) is 17.9. The summed E-state index contributed by atoms with van der Waals surface area (Å²) in [4.78, 5) is 27.0. The van der Waals surface area contributed by atoms with Gasteiger partial charge in [-0.2, -0.15) is 13.2 Å². The zero-order valence-corrected chi connectivity index (χ0v) is 13.4. The lowest BCUT2D eigenvalue weighted by Crippen LogP contribution is -2.15. The molecule has 2 heterocycles. The van der Waals surface area contributed by atoms with Gasteiger partial charge in [0.05, 0.1) is 11.3 Å². The van der Waals surface area contributed by atoms with Crippen molar-refractivity contribution in [2.45, 2.75) is 33.4 Å². The van der Waals surface area contributed by atoms with Crippen LogP contribution in [0, 0.1) is 13.8 Å². The highest BCUT2D eigenvalue weighted by atomic mass is 19.4. The molecule has 0 saturated heterocycles. The monoisotopic (exact) mass is 339 g/mol. The third-order valence-corrected chi connectivity index (χ3v) is 3.18. The highest BCUT2D eigenvalue weighted by Crippen LogP contribution is 2.27. The van der Waals surface area contributed by atoms with E-state index >= 15 is 0 Å². The van der Waals surface area contributed by atoms with Crippen LogP contribution in [-0.4, -0.2) is 32.3 Å². The summed E-state index contributed by atoms with van der Waals surface area (Å²) in [6.45, 7) is 4.86. The van der Waals surface area contributed by atoms with Gasteiger partial charge in [0, 0.05) is 24.9 Å². The minimum Gasteiger partial charge on any atom is -0.354 e. The van der Waals surface area contributed by atoms with Crippen molar-refractivity contribution < 1.29 is 18.0 Å². The van der Waals surface area contributed by atoms with Crippen LogP contribution in [0.5, 0.6) is 0 Å². The molecule has 0 radical (unpaired) electrons. The molecule has 128 valence electrons. The number of ketones is 1. The molecule has 0 aliphatic heterocycles. The van der Waals surface area contributed by atoms with Crippen molar-refractivity contribution in [3.63, 3.8) is 0 Å². The van der Waals surface area contributed by atoms with Gasteiger partial charge in [0.15, 0.2) is 5.78 Å². The van der Waals surface area contributed by atoms with Crippen molar-refractivity contribution in [1.82, 2.24) is 19.9 Å². The highest BCUT2D eigenvalue weighted by molar-refractivity contribution is 5.94. The molecule has 6 nitrogen and oxygen atoms in total. The quantitative estimate of drug-likeness (QED) is 0.844. The number of aryl methyl sites for hydroxylation is 2. The zero-order valence-electron chi connectivity index (χ0n) is 13.4. The molecular formula is C15H16F3N5O. The average molecular weight is 339 g/mol. The predicted octanol–water partition coefficient (Wildman–Crippen LogP) is 2.76. The van der Waals surface area contributed by atoms with E-state index in [0.29, 0.717) is 17.2 Å². The number of carbonyl (C=O) groups excluding carboxylic acids is 1. The molecule has 0 unspecified atom stereocenters. The van der Waals surface area contributed by atoms with Crippen LogP contribution in [0.4, 0.5) is 19.1 Å². The molecule has 0 bridgehead atoms. The van der Waals surface area contributed by atoms with Gasteiger partial charge >= 0.3 is 6.18 Å². The number of hydrogen-bond acceptors (Lipinski definition) is 6. The van der Waals surface area contributed by atoms with E-state index in [1.165, 1.54) is 20.0 Å². The number of halogens is 3. The molecule has 2 rings (SSSR count). The number of rotatable bonds is 5. The largest absolute Gasteiger partial charge is 0.433 e. The fourth-order valence-electron chi connectivity index (χ4n) is 2.07. The molecule has 1 N–H and O–H groups in total. The standard InChI is InChI=1S/C15H16F3N5O/c1-8-6-12(15(16,17)18)23-13(21-8)4-5-19-14-20-7-11(10(3)24)9(2)22-14/h6-7H,4-5H2,1-3H3,(H,19,20,22). The van der Waals surface area contributed by atoms with Crippen LogP contribution >= 0.6 is 0 Å².